The molecule has 8 heteroatoms. The summed E-state index contributed by atoms with van der Waals surface area (Å²) >= 11 is 10.9. The molecule has 0 radical (unpaired) electrons. The van der Waals surface area contributed by atoms with E-state index in [0.717, 1.165) is 21.5 Å². The Morgan fingerprint density at radius 1 is 1.29 bits per heavy atom. The molecule has 1 aliphatic heterocycles. The highest BCUT2D eigenvalue weighted by atomic mass is 79.9. The van der Waals surface area contributed by atoms with E-state index in [-0.39, 0.29) is 18.0 Å². The largest absolute Gasteiger partial charge is 0.351 e. The molecule has 3 aromatic rings. The molecular formula is C20H17BrN4OS2. The molecule has 0 unspecified atom stereocenters. The summed E-state index contributed by atoms with van der Waals surface area (Å²) in [5.74, 6) is -0.0948. The molecule has 142 valence electrons. The van der Waals surface area contributed by atoms with Crippen LogP contribution < -0.4 is 15.5 Å². The number of carbonyl (C=O) groups is 1. The molecule has 0 saturated carbocycles. The average Bonchev–Trinajstić information content (AvgIpc) is 3.26. The number of pyridine rings is 1. The number of halogens is 1. The maximum absolute atomic E-state index is 11.3. The van der Waals surface area contributed by atoms with E-state index in [1.54, 1.807) is 17.5 Å². The van der Waals surface area contributed by atoms with Crippen LogP contribution in [0.1, 0.15) is 29.6 Å². The van der Waals surface area contributed by atoms with Gasteiger partial charge in [0, 0.05) is 39.2 Å². The number of amides is 1. The second-order valence-electron chi connectivity index (χ2n) is 6.39. The number of hydrogen-bond acceptors (Lipinski definition) is 4. The molecule has 4 rings (SSSR count). The standard InChI is InChI=1S/C20H17BrN4OS2/c1-12(26)23-14-5-7-15(8-6-14)25-19(17-10-13(21)11-28-17)18(24-20(25)27)16-4-2-3-9-22-16/h2-11,18-19H,1H3,(H,23,26)(H,24,27)/t18-,19-/m0/s1. The second kappa shape index (κ2) is 7.98. The Labute approximate surface area is 180 Å². The molecule has 2 N–H and O–H groups in total. The monoisotopic (exact) mass is 472 g/mol. The van der Waals surface area contributed by atoms with Crippen LogP contribution in [0.15, 0.2) is 64.6 Å². The van der Waals surface area contributed by atoms with Gasteiger partial charge in [0.15, 0.2) is 5.11 Å². The number of carbonyl (C=O) groups excluding carboxylic acids is 1. The molecule has 3 heterocycles. The van der Waals surface area contributed by atoms with Crippen LogP contribution in [0.3, 0.4) is 0 Å². The lowest BCUT2D eigenvalue weighted by molar-refractivity contribution is -0.114. The van der Waals surface area contributed by atoms with Gasteiger partial charge in [-0.2, -0.15) is 0 Å². The fraction of sp³-hybridized carbons (Fsp3) is 0.150. The highest BCUT2D eigenvalue weighted by Crippen LogP contribution is 2.44. The molecule has 0 spiro atoms. The molecule has 2 aromatic heterocycles. The molecule has 28 heavy (non-hydrogen) atoms. The molecule has 1 saturated heterocycles. The quantitative estimate of drug-likeness (QED) is 0.520. The number of anilines is 2. The predicted octanol–water partition coefficient (Wildman–Crippen LogP) is 5.04. The highest BCUT2D eigenvalue weighted by Gasteiger charge is 2.41. The third-order valence-corrected chi connectivity index (χ3v) is 6.52. The topological polar surface area (TPSA) is 57.3 Å². The summed E-state index contributed by atoms with van der Waals surface area (Å²) in [4.78, 5) is 19.1. The van der Waals surface area contributed by atoms with Crippen LogP contribution in [-0.2, 0) is 4.79 Å². The van der Waals surface area contributed by atoms with Crippen molar-refractivity contribution in [3.8, 4) is 0 Å². The van der Waals surface area contributed by atoms with Crippen molar-refractivity contribution in [3.05, 3.63) is 75.2 Å². The average molecular weight is 473 g/mol. The SMILES string of the molecule is CC(=O)Nc1ccc(N2C(=S)N[C@@H](c3ccccn3)[C@@H]2c2cc(Br)cs2)cc1. The number of thiocarbonyl (C=S) groups is 1. The summed E-state index contributed by atoms with van der Waals surface area (Å²) in [5.41, 5.74) is 2.65. The first-order chi connectivity index (χ1) is 13.5. The summed E-state index contributed by atoms with van der Waals surface area (Å²) < 4.78 is 1.05. The van der Waals surface area contributed by atoms with E-state index >= 15 is 0 Å². The molecule has 1 aliphatic rings. The molecular weight excluding hydrogens is 456 g/mol. The van der Waals surface area contributed by atoms with Crippen molar-refractivity contribution in [2.75, 3.05) is 10.2 Å². The molecule has 2 atom stereocenters. The third-order valence-electron chi connectivity index (χ3n) is 4.44. The van der Waals surface area contributed by atoms with Gasteiger partial charge in [-0.1, -0.05) is 6.07 Å². The van der Waals surface area contributed by atoms with E-state index < -0.39 is 0 Å². The number of nitrogens with zero attached hydrogens (tertiary/aromatic N) is 2. The van der Waals surface area contributed by atoms with E-state index in [1.165, 1.54) is 11.8 Å². The number of aromatic nitrogens is 1. The van der Waals surface area contributed by atoms with Gasteiger partial charge in [0.05, 0.1) is 17.8 Å². The normalized spacial score (nSPS) is 18.8. The molecule has 1 aromatic carbocycles. The molecule has 0 aliphatic carbocycles. The summed E-state index contributed by atoms with van der Waals surface area (Å²) in [6.45, 7) is 1.50. The van der Waals surface area contributed by atoms with Crippen molar-refractivity contribution in [2.24, 2.45) is 0 Å². The fourth-order valence-electron chi connectivity index (χ4n) is 3.31. The lowest BCUT2D eigenvalue weighted by Crippen LogP contribution is -2.29. The van der Waals surface area contributed by atoms with E-state index in [9.17, 15) is 4.79 Å². The maximum atomic E-state index is 11.3. The van der Waals surface area contributed by atoms with Gasteiger partial charge >= 0.3 is 0 Å². The van der Waals surface area contributed by atoms with Crippen LogP contribution in [-0.4, -0.2) is 16.0 Å². The Bertz CT molecular complexity index is 1010. The van der Waals surface area contributed by atoms with Crippen molar-refractivity contribution < 1.29 is 4.79 Å². The van der Waals surface area contributed by atoms with E-state index in [0.29, 0.717) is 5.11 Å². The van der Waals surface area contributed by atoms with E-state index in [1.807, 2.05) is 42.5 Å². The lowest BCUT2D eigenvalue weighted by atomic mass is 10.0. The molecule has 1 amide bonds. The van der Waals surface area contributed by atoms with Gasteiger partial charge in [-0.05, 0) is 70.6 Å². The first-order valence-corrected chi connectivity index (χ1v) is 10.7. The van der Waals surface area contributed by atoms with Gasteiger partial charge in [0.25, 0.3) is 0 Å². The Morgan fingerprint density at radius 3 is 2.68 bits per heavy atom. The van der Waals surface area contributed by atoms with Crippen molar-refractivity contribution in [1.82, 2.24) is 10.3 Å². The van der Waals surface area contributed by atoms with Crippen LogP contribution >= 0.6 is 39.5 Å². The van der Waals surface area contributed by atoms with E-state index in [2.05, 4.69) is 47.9 Å². The predicted molar refractivity (Wildman–Crippen MR) is 121 cm³/mol. The van der Waals surface area contributed by atoms with Crippen LogP contribution in [0.25, 0.3) is 0 Å². The van der Waals surface area contributed by atoms with Gasteiger partial charge in [-0.15, -0.1) is 11.3 Å². The Hall–Kier alpha value is -2.29. The van der Waals surface area contributed by atoms with Crippen LogP contribution in [0, 0.1) is 0 Å². The maximum Gasteiger partial charge on any atom is 0.221 e. The minimum absolute atomic E-state index is 0.0229. The van der Waals surface area contributed by atoms with Crippen molar-refractivity contribution in [1.29, 1.82) is 0 Å². The summed E-state index contributed by atoms with van der Waals surface area (Å²) in [6, 6.07) is 15.7. The molecule has 5 nitrogen and oxygen atoms in total. The Kier molecular flexibility index (Phi) is 5.43. The zero-order chi connectivity index (χ0) is 19.7. The minimum Gasteiger partial charge on any atom is -0.351 e. The number of nitrogens with one attached hydrogen (secondary N) is 2. The smallest absolute Gasteiger partial charge is 0.221 e. The molecule has 1 fully saturated rings. The van der Waals surface area contributed by atoms with Crippen molar-refractivity contribution >= 4 is 61.9 Å². The van der Waals surface area contributed by atoms with Crippen LogP contribution in [0.2, 0.25) is 0 Å². The van der Waals surface area contributed by atoms with Crippen LogP contribution in [0.5, 0.6) is 0 Å². The van der Waals surface area contributed by atoms with Gasteiger partial charge in [0.2, 0.25) is 5.91 Å². The highest BCUT2D eigenvalue weighted by molar-refractivity contribution is 9.10. The van der Waals surface area contributed by atoms with Gasteiger partial charge < -0.3 is 15.5 Å². The summed E-state index contributed by atoms with van der Waals surface area (Å²) in [7, 11) is 0. The number of thiophene rings is 1. The minimum atomic E-state index is -0.0948. The van der Waals surface area contributed by atoms with Crippen molar-refractivity contribution in [2.45, 2.75) is 19.0 Å². The van der Waals surface area contributed by atoms with Gasteiger partial charge in [-0.3, -0.25) is 9.78 Å². The van der Waals surface area contributed by atoms with Crippen LogP contribution in [0.4, 0.5) is 11.4 Å². The molecule has 0 bridgehead atoms. The zero-order valence-electron chi connectivity index (χ0n) is 14.9. The first kappa shape index (κ1) is 19.0. The number of hydrogen-bond donors (Lipinski definition) is 2. The fourth-order valence-corrected chi connectivity index (χ4v) is 5.23. The summed E-state index contributed by atoms with van der Waals surface area (Å²) in [5, 5.41) is 8.96. The Balaban J connectivity index is 1.74. The van der Waals surface area contributed by atoms with E-state index in [4.69, 9.17) is 12.2 Å². The zero-order valence-corrected chi connectivity index (χ0v) is 18.1. The van der Waals surface area contributed by atoms with Gasteiger partial charge in [-0.25, -0.2) is 0 Å². The van der Waals surface area contributed by atoms with Crippen molar-refractivity contribution in [3.63, 3.8) is 0 Å². The first-order valence-electron chi connectivity index (χ1n) is 8.65. The second-order valence-corrected chi connectivity index (χ2v) is 8.64. The summed E-state index contributed by atoms with van der Waals surface area (Å²) in [6.07, 6.45) is 1.80. The third kappa shape index (κ3) is 3.80. The Morgan fingerprint density at radius 2 is 2.07 bits per heavy atom. The number of rotatable bonds is 4. The van der Waals surface area contributed by atoms with Gasteiger partial charge in [0.1, 0.15) is 0 Å². The number of benzene rings is 1. The lowest BCUT2D eigenvalue weighted by Gasteiger charge is -2.27.